The van der Waals surface area contributed by atoms with Gasteiger partial charge in [-0.05, 0) is 70.2 Å². The highest BCUT2D eigenvalue weighted by molar-refractivity contribution is 6.09. The fraction of sp³-hybridized carbons (Fsp3) is 0.651. The lowest BCUT2D eigenvalue weighted by Crippen LogP contribution is -2.73. The number of allylic oxidation sites excluding steroid dienone is 1. The molecule has 0 unspecified atom stereocenters. The Morgan fingerprint density at radius 3 is 2.17 bits per heavy atom. The summed E-state index contributed by atoms with van der Waals surface area (Å²) in [7, 11) is 2.80. The van der Waals surface area contributed by atoms with E-state index < -0.39 is 94.8 Å². The van der Waals surface area contributed by atoms with Crippen molar-refractivity contribution in [2.75, 3.05) is 27.4 Å². The van der Waals surface area contributed by atoms with Gasteiger partial charge in [-0.2, -0.15) is 0 Å². The lowest BCUT2D eigenvalue weighted by molar-refractivity contribution is -0.295. The largest absolute Gasteiger partial charge is 0.493 e. The number of nitrogens with one attached hydrogen (secondary N) is 1. The van der Waals surface area contributed by atoms with Crippen LogP contribution in [-0.2, 0) is 47.5 Å². The molecule has 1 aromatic carbocycles. The SMILES string of the molecule is COCC[C@H]1OC[C@@]1(OC(C)=O)[C@@H]1/C(C)=C(/OC)C(=O)C2=C(C)[C@@H](OC(=O)[C@H](O)[C@H](CC(C)C)NC(=O)OC(C)(C)C)C[C@@](O)([C@H]1OC(=O)c1ccccc1)C2(C)C. The van der Waals surface area contributed by atoms with Crippen molar-refractivity contribution in [3.05, 3.63) is 58.4 Å². The lowest BCUT2D eigenvalue weighted by Gasteiger charge is -2.60. The molecule has 0 radical (unpaired) electrons. The summed E-state index contributed by atoms with van der Waals surface area (Å²) >= 11 is 0. The van der Waals surface area contributed by atoms with E-state index in [1.54, 1.807) is 78.8 Å². The molecule has 1 fully saturated rings. The van der Waals surface area contributed by atoms with Gasteiger partial charge in [0.05, 0.1) is 31.2 Å². The van der Waals surface area contributed by atoms with E-state index in [0.717, 1.165) is 0 Å². The normalized spacial score (nSPS) is 29.3. The molecule has 15 heteroatoms. The quantitative estimate of drug-likeness (QED) is 0.171. The van der Waals surface area contributed by atoms with Gasteiger partial charge < -0.3 is 48.7 Å². The molecular formula is C43H61NO14. The first kappa shape index (κ1) is 46.4. The number of carbonyl (C=O) groups excluding carboxylic acids is 5. The first-order chi connectivity index (χ1) is 26.9. The van der Waals surface area contributed by atoms with E-state index in [1.807, 2.05) is 13.8 Å². The molecule has 15 nitrogen and oxygen atoms in total. The van der Waals surface area contributed by atoms with Crippen molar-refractivity contribution < 1.29 is 67.3 Å². The van der Waals surface area contributed by atoms with Gasteiger partial charge in [0.15, 0.2) is 17.5 Å². The minimum absolute atomic E-state index is 0.0249. The van der Waals surface area contributed by atoms with Crippen LogP contribution in [0.15, 0.2) is 52.8 Å². The standard InChI is InChI=1S/C43H61NO14/c1-23(2)20-28(44-39(50)58-40(6,7)8)33(46)38(49)55-29-21-43(51)36(56-37(48)27-16-14-13-15-17-27)32(42(57-26(5)45)22-54-30(42)18-19-52-11)25(4)35(53-12)34(47)31(24(29)3)41(43,9)10/h13-17,23,28-30,32-33,36,46,51H,18-22H2,1-12H3,(H,44,50)/b35-25+/t28-,29-,30+,32+,33+,36-,42-,43+/m0/s1. The maximum Gasteiger partial charge on any atom is 0.407 e. The van der Waals surface area contributed by atoms with Gasteiger partial charge in [-0.1, -0.05) is 45.9 Å². The summed E-state index contributed by atoms with van der Waals surface area (Å²) in [6.45, 7) is 16.3. The number of esters is 3. The second-order valence-electron chi connectivity index (χ2n) is 17.4. The third kappa shape index (κ3) is 9.27. The predicted molar refractivity (Wildman–Crippen MR) is 209 cm³/mol. The number of carbonyl (C=O) groups is 5. The molecule has 1 heterocycles. The summed E-state index contributed by atoms with van der Waals surface area (Å²) in [6.07, 6.45) is -6.61. The van der Waals surface area contributed by atoms with Gasteiger partial charge >= 0.3 is 24.0 Å². The topological polar surface area (TPSA) is 202 Å². The summed E-state index contributed by atoms with van der Waals surface area (Å²) in [5.41, 5.74) is -5.61. The number of ketones is 1. The Hall–Kier alpha value is -4.31. The van der Waals surface area contributed by atoms with Gasteiger partial charge in [-0.25, -0.2) is 14.4 Å². The van der Waals surface area contributed by atoms with E-state index in [4.69, 9.17) is 33.2 Å². The molecule has 322 valence electrons. The number of fused-ring (bicyclic) bond motifs is 2. The highest BCUT2D eigenvalue weighted by atomic mass is 16.6. The average molecular weight is 816 g/mol. The summed E-state index contributed by atoms with van der Waals surface area (Å²) in [5, 5.41) is 27.5. The van der Waals surface area contributed by atoms with Crippen molar-refractivity contribution in [1.82, 2.24) is 5.32 Å². The molecule has 1 aliphatic heterocycles. The second-order valence-corrected chi connectivity index (χ2v) is 17.4. The van der Waals surface area contributed by atoms with Crippen LogP contribution >= 0.6 is 0 Å². The number of Topliss-reactive ketones (excluding diaryl/α,β-unsaturated/α-hetero) is 1. The molecule has 0 saturated carbocycles. The van der Waals surface area contributed by atoms with E-state index in [9.17, 15) is 34.2 Å². The van der Waals surface area contributed by atoms with Crippen LogP contribution in [0.5, 0.6) is 0 Å². The van der Waals surface area contributed by atoms with Crippen molar-refractivity contribution in [2.45, 2.75) is 136 Å². The molecule has 3 N–H and O–H groups in total. The van der Waals surface area contributed by atoms with Crippen LogP contribution in [0.3, 0.4) is 0 Å². The maximum atomic E-state index is 14.9. The van der Waals surface area contributed by atoms with E-state index in [-0.39, 0.29) is 60.0 Å². The van der Waals surface area contributed by atoms with Crippen molar-refractivity contribution in [3.63, 3.8) is 0 Å². The van der Waals surface area contributed by atoms with Gasteiger partial charge in [0.25, 0.3) is 0 Å². The first-order valence-corrected chi connectivity index (χ1v) is 19.6. The monoisotopic (exact) mass is 815 g/mol. The van der Waals surface area contributed by atoms with Gasteiger partial charge in [0, 0.05) is 44.5 Å². The van der Waals surface area contributed by atoms with Gasteiger partial charge in [-0.15, -0.1) is 0 Å². The molecule has 58 heavy (non-hydrogen) atoms. The van der Waals surface area contributed by atoms with Gasteiger partial charge in [0.1, 0.15) is 29.5 Å². The molecule has 8 atom stereocenters. The van der Waals surface area contributed by atoms with E-state index >= 15 is 0 Å². The number of aliphatic hydroxyl groups is 2. The number of amides is 1. The molecule has 0 spiro atoms. The summed E-state index contributed by atoms with van der Waals surface area (Å²) in [4.78, 5) is 68.8. The number of benzene rings is 1. The number of hydrogen-bond donors (Lipinski definition) is 3. The Balaban J connectivity index is 1.94. The first-order valence-electron chi connectivity index (χ1n) is 19.6. The minimum atomic E-state index is -2.25. The molecule has 1 saturated heterocycles. The van der Waals surface area contributed by atoms with Crippen molar-refractivity contribution >= 4 is 29.8 Å². The molecule has 0 aromatic heterocycles. The summed E-state index contributed by atoms with van der Waals surface area (Å²) in [6, 6.07) is 6.97. The average Bonchev–Trinajstić information content (AvgIpc) is 3.11. The highest BCUT2D eigenvalue weighted by Gasteiger charge is 2.70. The Morgan fingerprint density at radius 1 is 1.02 bits per heavy atom. The molecule has 1 aromatic rings. The Labute approximate surface area is 340 Å². The van der Waals surface area contributed by atoms with Crippen LogP contribution in [0.1, 0.15) is 98.9 Å². The van der Waals surface area contributed by atoms with Crippen LogP contribution in [0.2, 0.25) is 0 Å². The number of methoxy groups -OCH3 is 2. The molecular weight excluding hydrogens is 754 g/mol. The van der Waals surface area contributed by atoms with E-state index in [2.05, 4.69) is 5.32 Å². The Kier molecular flexibility index (Phi) is 14.3. The molecule has 2 aliphatic carbocycles. The van der Waals surface area contributed by atoms with Crippen LogP contribution in [0.25, 0.3) is 0 Å². The fourth-order valence-corrected chi connectivity index (χ4v) is 8.60. The summed E-state index contributed by atoms with van der Waals surface area (Å²) in [5.74, 6) is -4.82. The second kappa shape index (κ2) is 17.9. The zero-order chi connectivity index (χ0) is 43.5. The van der Waals surface area contributed by atoms with Gasteiger partial charge in [-0.3, -0.25) is 9.59 Å². The maximum absolute atomic E-state index is 14.9. The van der Waals surface area contributed by atoms with E-state index in [0.29, 0.717) is 0 Å². The number of alkyl carbamates (subject to hydrolysis) is 1. The number of aliphatic hydroxyl groups excluding tert-OH is 1. The predicted octanol–water partition coefficient (Wildman–Crippen LogP) is 4.76. The molecule has 1 amide bonds. The number of rotatable bonds is 14. The van der Waals surface area contributed by atoms with Crippen molar-refractivity contribution in [1.29, 1.82) is 0 Å². The molecule has 4 rings (SSSR count). The van der Waals surface area contributed by atoms with E-state index in [1.165, 1.54) is 21.1 Å². The minimum Gasteiger partial charge on any atom is -0.493 e. The van der Waals surface area contributed by atoms with Crippen LogP contribution in [0.4, 0.5) is 4.79 Å². The zero-order valence-corrected chi connectivity index (χ0v) is 35.8. The van der Waals surface area contributed by atoms with Crippen molar-refractivity contribution in [3.8, 4) is 0 Å². The third-order valence-corrected chi connectivity index (χ3v) is 11.4. The number of ether oxygens (including phenoxy) is 7. The van der Waals surface area contributed by atoms with Crippen molar-refractivity contribution in [2.24, 2.45) is 17.3 Å². The molecule has 2 bridgehead atoms. The van der Waals surface area contributed by atoms with Crippen LogP contribution in [0, 0.1) is 17.3 Å². The summed E-state index contributed by atoms with van der Waals surface area (Å²) < 4.78 is 41.1. The third-order valence-electron chi connectivity index (χ3n) is 11.4. The van der Waals surface area contributed by atoms with Crippen LogP contribution < -0.4 is 5.32 Å². The zero-order valence-electron chi connectivity index (χ0n) is 35.8. The number of hydrogen-bond acceptors (Lipinski definition) is 14. The Morgan fingerprint density at radius 2 is 1.66 bits per heavy atom. The molecule has 3 aliphatic rings. The fourth-order valence-electron chi connectivity index (χ4n) is 8.60. The lowest BCUT2D eigenvalue weighted by atomic mass is 9.53. The van der Waals surface area contributed by atoms with Crippen LogP contribution in [-0.4, -0.2) is 115 Å². The smallest absolute Gasteiger partial charge is 0.407 e. The van der Waals surface area contributed by atoms with Gasteiger partial charge in [0.2, 0.25) is 5.78 Å². The highest BCUT2D eigenvalue weighted by Crippen LogP contribution is 2.58. The Bertz CT molecular complexity index is 1780.